The molecule has 0 bridgehead atoms. The molecular weight excluding hydrogens is 380 g/mol. The number of hydrogen-bond acceptors (Lipinski definition) is 6. The molecule has 0 aromatic carbocycles. The Morgan fingerprint density at radius 2 is 2.03 bits per heavy atom. The van der Waals surface area contributed by atoms with E-state index >= 15 is 0 Å². The Balaban J connectivity index is 1.54. The van der Waals surface area contributed by atoms with Gasteiger partial charge in [-0.05, 0) is 24.6 Å². The van der Waals surface area contributed by atoms with E-state index in [1.807, 2.05) is 25.1 Å². The molecule has 0 saturated carbocycles. The van der Waals surface area contributed by atoms with E-state index < -0.39 is 0 Å². The van der Waals surface area contributed by atoms with E-state index in [-0.39, 0.29) is 5.91 Å². The number of nitrogens with one attached hydrogen (secondary N) is 3. The smallest absolute Gasteiger partial charge is 0.224 e. The minimum Gasteiger partial charge on any atom is -0.336 e. The second kappa shape index (κ2) is 7.36. The zero-order valence-corrected chi connectivity index (χ0v) is 16.2. The zero-order valence-electron chi connectivity index (χ0n) is 16.2. The van der Waals surface area contributed by atoms with Crippen molar-refractivity contribution in [2.24, 2.45) is 0 Å². The highest BCUT2D eigenvalue weighted by molar-refractivity contribution is 5.95. The number of hydrogen-bond donors (Lipinski definition) is 3. The molecule has 5 aromatic heterocycles. The summed E-state index contributed by atoms with van der Waals surface area (Å²) < 4.78 is 0. The lowest BCUT2D eigenvalue weighted by Gasteiger charge is -2.06. The number of pyridine rings is 3. The lowest BCUT2D eigenvalue weighted by atomic mass is 10.1. The topological polar surface area (TPSA) is 125 Å². The molecule has 1 amide bonds. The zero-order chi connectivity index (χ0) is 20.5. The molecule has 0 aliphatic rings. The first kappa shape index (κ1) is 17.9. The number of imidazole rings is 1. The molecule has 0 aliphatic heterocycles. The van der Waals surface area contributed by atoms with Crippen LogP contribution in [0, 0.1) is 0 Å². The molecule has 0 aliphatic carbocycles. The molecule has 5 aromatic rings. The molecule has 0 unspecified atom stereocenters. The monoisotopic (exact) mass is 398 g/mol. The summed E-state index contributed by atoms with van der Waals surface area (Å²) >= 11 is 0. The fourth-order valence-corrected chi connectivity index (χ4v) is 3.32. The van der Waals surface area contributed by atoms with Crippen LogP contribution in [0.3, 0.4) is 0 Å². The average Bonchev–Trinajstić information content (AvgIpc) is 3.37. The summed E-state index contributed by atoms with van der Waals surface area (Å²) in [7, 11) is 0. The van der Waals surface area contributed by atoms with Gasteiger partial charge in [-0.15, -0.1) is 0 Å². The summed E-state index contributed by atoms with van der Waals surface area (Å²) in [4.78, 5) is 32.6. The lowest BCUT2D eigenvalue weighted by Crippen LogP contribution is -2.10. The molecule has 5 rings (SSSR count). The Kier molecular flexibility index (Phi) is 4.40. The Hall–Kier alpha value is -4.14. The van der Waals surface area contributed by atoms with E-state index in [2.05, 4.69) is 40.4 Å². The molecule has 0 radical (unpaired) electrons. The van der Waals surface area contributed by atoms with Crippen molar-refractivity contribution in [3.8, 4) is 22.8 Å². The van der Waals surface area contributed by atoms with Crippen molar-refractivity contribution in [1.29, 1.82) is 0 Å². The van der Waals surface area contributed by atoms with Crippen LogP contribution < -0.4 is 5.32 Å². The number of anilines is 1. The molecule has 0 saturated heterocycles. The molecule has 9 nitrogen and oxygen atoms in total. The second-order valence-electron chi connectivity index (χ2n) is 6.93. The fourth-order valence-electron chi connectivity index (χ4n) is 3.32. The number of amides is 1. The SMILES string of the molecule is CCCC(=O)Nc1cncc(-c2cc3c(-c4nc5cnccc5[nH]4)n[nH]c3cn2)c1. The van der Waals surface area contributed by atoms with Gasteiger partial charge in [-0.3, -0.25) is 24.8 Å². The van der Waals surface area contributed by atoms with Gasteiger partial charge in [-0.25, -0.2) is 4.98 Å². The second-order valence-corrected chi connectivity index (χ2v) is 6.93. The van der Waals surface area contributed by atoms with Crippen molar-refractivity contribution in [2.75, 3.05) is 5.32 Å². The first-order valence-electron chi connectivity index (χ1n) is 9.61. The van der Waals surface area contributed by atoms with E-state index in [1.54, 1.807) is 31.0 Å². The average molecular weight is 398 g/mol. The van der Waals surface area contributed by atoms with Gasteiger partial charge in [0.1, 0.15) is 11.2 Å². The number of nitrogens with zero attached hydrogens (tertiary/aromatic N) is 5. The van der Waals surface area contributed by atoms with Crippen LogP contribution in [0.1, 0.15) is 19.8 Å². The normalized spacial score (nSPS) is 11.2. The molecule has 5 heterocycles. The maximum absolute atomic E-state index is 11.9. The molecule has 148 valence electrons. The van der Waals surface area contributed by atoms with Crippen LogP contribution >= 0.6 is 0 Å². The number of fused-ring (bicyclic) bond motifs is 2. The number of aromatic nitrogens is 7. The van der Waals surface area contributed by atoms with Crippen molar-refractivity contribution >= 4 is 33.5 Å². The van der Waals surface area contributed by atoms with Crippen molar-refractivity contribution < 1.29 is 4.79 Å². The highest BCUT2D eigenvalue weighted by Gasteiger charge is 2.14. The van der Waals surface area contributed by atoms with Crippen LogP contribution in [0.5, 0.6) is 0 Å². The van der Waals surface area contributed by atoms with Crippen molar-refractivity contribution in [2.45, 2.75) is 19.8 Å². The van der Waals surface area contributed by atoms with Gasteiger partial charge in [0.15, 0.2) is 5.82 Å². The van der Waals surface area contributed by atoms with Gasteiger partial charge in [0.2, 0.25) is 5.91 Å². The molecular formula is C21H18N8O. The van der Waals surface area contributed by atoms with Crippen molar-refractivity contribution in [1.82, 2.24) is 35.1 Å². The Labute approximate surface area is 171 Å². The number of carbonyl (C=O) groups excluding carboxylic acids is 1. The Morgan fingerprint density at radius 1 is 1.10 bits per heavy atom. The summed E-state index contributed by atoms with van der Waals surface area (Å²) in [6.07, 6.45) is 9.76. The first-order chi connectivity index (χ1) is 14.7. The number of H-pyrrole nitrogens is 2. The van der Waals surface area contributed by atoms with E-state index in [0.29, 0.717) is 23.6 Å². The highest BCUT2D eigenvalue weighted by atomic mass is 16.1. The molecule has 0 fully saturated rings. The summed E-state index contributed by atoms with van der Waals surface area (Å²) in [6.45, 7) is 1.97. The third kappa shape index (κ3) is 3.26. The third-order valence-corrected chi connectivity index (χ3v) is 4.75. The number of rotatable bonds is 5. The van der Waals surface area contributed by atoms with Crippen LogP contribution in [0.4, 0.5) is 5.69 Å². The molecule has 9 heteroatoms. The number of aromatic amines is 2. The van der Waals surface area contributed by atoms with Crippen LogP contribution in [-0.2, 0) is 4.79 Å². The lowest BCUT2D eigenvalue weighted by molar-refractivity contribution is -0.116. The molecule has 0 atom stereocenters. The van der Waals surface area contributed by atoms with Gasteiger partial charge in [0.25, 0.3) is 0 Å². The van der Waals surface area contributed by atoms with Gasteiger partial charge in [-0.2, -0.15) is 5.10 Å². The van der Waals surface area contributed by atoms with Gasteiger partial charge < -0.3 is 10.3 Å². The summed E-state index contributed by atoms with van der Waals surface area (Å²) in [6, 6.07) is 5.67. The van der Waals surface area contributed by atoms with Gasteiger partial charge >= 0.3 is 0 Å². The van der Waals surface area contributed by atoms with E-state index in [0.717, 1.165) is 39.6 Å². The van der Waals surface area contributed by atoms with E-state index in [1.165, 1.54) is 0 Å². The third-order valence-electron chi connectivity index (χ3n) is 4.75. The Bertz CT molecular complexity index is 1340. The largest absolute Gasteiger partial charge is 0.336 e. The maximum atomic E-state index is 11.9. The quantitative estimate of drug-likeness (QED) is 0.414. The van der Waals surface area contributed by atoms with Gasteiger partial charge in [0.05, 0.1) is 41.0 Å². The summed E-state index contributed by atoms with van der Waals surface area (Å²) in [5.41, 5.74) is 5.33. The van der Waals surface area contributed by atoms with E-state index in [4.69, 9.17) is 0 Å². The summed E-state index contributed by atoms with van der Waals surface area (Å²) in [5, 5.41) is 11.2. The molecule has 30 heavy (non-hydrogen) atoms. The van der Waals surface area contributed by atoms with Gasteiger partial charge in [-0.1, -0.05) is 6.92 Å². The number of carbonyl (C=O) groups is 1. The fraction of sp³-hybridized carbons (Fsp3) is 0.143. The van der Waals surface area contributed by atoms with Crippen LogP contribution in [0.15, 0.2) is 49.2 Å². The van der Waals surface area contributed by atoms with Crippen LogP contribution in [0.2, 0.25) is 0 Å². The minimum absolute atomic E-state index is 0.0312. The summed E-state index contributed by atoms with van der Waals surface area (Å²) in [5.74, 6) is 0.622. The molecule has 0 spiro atoms. The predicted molar refractivity (Wildman–Crippen MR) is 114 cm³/mol. The van der Waals surface area contributed by atoms with Crippen LogP contribution in [0.25, 0.3) is 44.7 Å². The standard InChI is InChI=1S/C21H18N8O/c1-2-3-19(30)25-13-6-12(8-23-9-13)16-7-14-17(11-24-16)28-29-20(14)21-26-15-4-5-22-10-18(15)27-21/h4-11H,2-3H2,1H3,(H,25,30)(H,26,27)(H,28,29). The molecule has 3 N–H and O–H groups in total. The van der Waals surface area contributed by atoms with Crippen molar-refractivity contribution in [3.05, 3.63) is 49.2 Å². The first-order valence-corrected chi connectivity index (χ1v) is 9.61. The highest BCUT2D eigenvalue weighted by Crippen LogP contribution is 2.29. The minimum atomic E-state index is -0.0312. The van der Waals surface area contributed by atoms with Gasteiger partial charge in [0, 0.05) is 29.8 Å². The van der Waals surface area contributed by atoms with Crippen LogP contribution in [-0.4, -0.2) is 41.0 Å². The maximum Gasteiger partial charge on any atom is 0.224 e. The Morgan fingerprint density at radius 3 is 2.90 bits per heavy atom. The van der Waals surface area contributed by atoms with Crippen molar-refractivity contribution in [3.63, 3.8) is 0 Å². The predicted octanol–water partition coefficient (Wildman–Crippen LogP) is 3.70. The van der Waals surface area contributed by atoms with E-state index in [9.17, 15) is 4.79 Å².